The summed E-state index contributed by atoms with van der Waals surface area (Å²) in [5, 5.41) is 0. The zero-order valence-electron chi connectivity index (χ0n) is 12.0. The van der Waals surface area contributed by atoms with E-state index in [4.69, 9.17) is 4.98 Å². The highest BCUT2D eigenvalue weighted by Gasteiger charge is 2.09. The first-order valence-corrected chi connectivity index (χ1v) is 7.04. The zero-order chi connectivity index (χ0) is 14.4. The molecular weight excluding hydrogens is 258 g/mol. The Balaban J connectivity index is 2.00. The van der Waals surface area contributed by atoms with Crippen LogP contribution in [0.3, 0.4) is 0 Å². The number of para-hydroxylation sites is 2. The summed E-state index contributed by atoms with van der Waals surface area (Å²) in [5.41, 5.74) is 6.57. The first-order valence-electron chi connectivity index (χ1n) is 7.04. The molecule has 0 N–H and O–H groups in total. The Bertz CT molecular complexity index is 949. The molecule has 4 rings (SSSR count). The van der Waals surface area contributed by atoms with E-state index >= 15 is 0 Å². The Hall–Kier alpha value is -2.68. The molecule has 2 aromatic heterocycles. The van der Waals surface area contributed by atoms with Crippen LogP contribution in [0, 0.1) is 13.8 Å². The van der Waals surface area contributed by atoms with Gasteiger partial charge >= 0.3 is 0 Å². The van der Waals surface area contributed by atoms with Crippen molar-refractivity contribution in [2.45, 2.75) is 13.8 Å². The lowest BCUT2D eigenvalue weighted by Gasteiger charge is -2.06. The fourth-order valence-corrected chi connectivity index (χ4v) is 2.71. The lowest BCUT2D eigenvalue weighted by molar-refractivity contribution is 1.07. The molecule has 0 atom stereocenters. The molecule has 0 unspecified atom stereocenters. The van der Waals surface area contributed by atoms with Gasteiger partial charge in [-0.25, -0.2) is 9.97 Å². The normalized spacial score (nSPS) is 11.3. The van der Waals surface area contributed by atoms with Gasteiger partial charge in [0.05, 0.1) is 16.7 Å². The molecule has 2 heterocycles. The summed E-state index contributed by atoms with van der Waals surface area (Å²) in [7, 11) is 0. The van der Waals surface area contributed by atoms with Crippen molar-refractivity contribution in [2.75, 3.05) is 0 Å². The van der Waals surface area contributed by atoms with Crippen LogP contribution in [0.5, 0.6) is 0 Å². The Morgan fingerprint density at radius 2 is 1.62 bits per heavy atom. The third-order valence-electron chi connectivity index (χ3n) is 3.81. The summed E-state index contributed by atoms with van der Waals surface area (Å²) in [6.45, 7) is 4.19. The summed E-state index contributed by atoms with van der Waals surface area (Å²) < 4.78 is 2.10. The Kier molecular flexibility index (Phi) is 2.54. The molecule has 3 nitrogen and oxygen atoms in total. The van der Waals surface area contributed by atoms with E-state index in [0.717, 1.165) is 33.8 Å². The van der Waals surface area contributed by atoms with Crippen LogP contribution in [-0.2, 0) is 0 Å². The van der Waals surface area contributed by atoms with Crippen LogP contribution in [0.25, 0.3) is 28.1 Å². The number of hydrogen-bond donors (Lipinski definition) is 0. The predicted octanol–water partition coefficient (Wildman–Crippen LogP) is 4.17. The molecule has 0 saturated heterocycles. The average molecular weight is 273 g/mol. The van der Waals surface area contributed by atoms with Gasteiger partial charge in [0, 0.05) is 11.3 Å². The minimum absolute atomic E-state index is 0.756. The maximum absolute atomic E-state index is 4.73. The summed E-state index contributed by atoms with van der Waals surface area (Å²) in [4.78, 5) is 9.36. The fraction of sp³-hybridized carbons (Fsp3) is 0.111. The number of rotatable bonds is 1. The number of benzene rings is 2. The van der Waals surface area contributed by atoms with Crippen LogP contribution in [0.1, 0.15) is 11.3 Å². The summed E-state index contributed by atoms with van der Waals surface area (Å²) in [5.74, 6) is 0.756. The molecule has 21 heavy (non-hydrogen) atoms. The fourth-order valence-electron chi connectivity index (χ4n) is 2.71. The van der Waals surface area contributed by atoms with E-state index in [9.17, 15) is 0 Å². The lowest BCUT2D eigenvalue weighted by Crippen LogP contribution is -1.96. The van der Waals surface area contributed by atoms with Crippen LogP contribution in [0.4, 0.5) is 0 Å². The lowest BCUT2D eigenvalue weighted by atomic mass is 10.1. The largest absolute Gasteiger partial charge is 0.281 e. The maximum atomic E-state index is 4.73. The number of fused-ring (bicyclic) bond motifs is 3. The van der Waals surface area contributed by atoms with E-state index in [-0.39, 0.29) is 0 Å². The monoisotopic (exact) mass is 273 g/mol. The van der Waals surface area contributed by atoms with Gasteiger partial charge in [-0.3, -0.25) is 4.40 Å². The van der Waals surface area contributed by atoms with Crippen LogP contribution in [0.15, 0.2) is 54.6 Å². The minimum Gasteiger partial charge on any atom is -0.281 e. The van der Waals surface area contributed by atoms with E-state index in [1.807, 2.05) is 18.2 Å². The quantitative estimate of drug-likeness (QED) is 0.521. The molecule has 0 saturated carbocycles. The third kappa shape index (κ3) is 1.89. The van der Waals surface area contributed by atoms with Gasteiger partial charge in [-0.05, 0) is 32.0 Å². The van der Waals surface area contributed by atoms with Gasteiger partial charge < -0.3 is 0 Å². The van der Waals surface area contributed by atoms with Crippen molar-refractivity contribution >= 4 is 16.8 Å². The highest BCUT2D eigenvalue weighted by Crippen LogP contribution is 2.23. The van der Waals surface area contributed by atoms with Gasteiger partial charge in [-0.15, -0.1) is 0 Å². The van der Waals surface area contributed by atoms with Crippen molar-refractivity contribution in [3.8, 4) is 11.3 Å². The molecule has 2 aromatic carbocycles. The average Bonchev–Trinajstić information content (AvgIpc) is 2.86. The van der Waals surface area contributed by atoms with Crippen LogP contribution in [0.2, 0.25) is 0 Å². The number of nitrogens with zero attached hydrogens (tertiary/aromatic N) is 3. The number of aromatic nitrogens is 3. The number of imidazole rings is 1. The number of hydrogen-bond acceptors (Lipinski definition) is 2. The van der Waals surface area contributed by atoms with E-state index < -0.39 is 0 Å². The van der Waals surface area contributed by atoms with E-state index in [2.05, 4.69) is 59.6 Å². The Labute approximate surface area is 122 Å². The van der Waals surface area contributed by atoms with Crippen LogP contribution >= 0.6 is 0 Å². The van der Waals surface area contributed by atoms with Crippen molar-refractivity contribution in [3.05, 3.63) is 65.9 Å². The van der Waals surface area contributed by atoms with Crippen LogP contribution in [-0.4, -0.2) is 14.4 Å². The standard InChI is InChI=1S/C18H15N3/c1-12-7-9-14(10-8-12)16-11-13(2)21-17-6-4-3-5-15(17)19-18(21)20-16/h3-11H,1-2H3. The summed E-state index contributed by atoms with van der Waals surface area (Å²) in [6, 6.07) is 18.7. The van der Waals surface area contributed by atoms with Gasteiger partial charge in [-0.1, -0.05) is 42.0 Å². The SMILES string of the molecule is Cc1ccc(-c2cc(C)n3c(n2)nc2ccccc23)cc1. The molecule has 0 aliphatic carbocycles. The van der Waals surface area contributed by atoms with Crippen molar-refractivity contribution in [1.82, 2.24) is 14.4 Å². The second-order valence-electron chi connectivity index (χ2n) is 5.38. The van der Waals surface area contributed by atoms with E-state index in [0.29, 0.717) is 0 Å². The second kappa shape index (κ2) is 4.42. The minimum atomic E-state index is 0.756. The smallest absolute Gasteiger partial charge is 0.235 e. The molecule has 3 heteroatoms. The summed E-state index contributed by atoms with van der Waals surface area (Å²) in [6.07, 6.45) is 0. The number of aryl methyl sites for hydroxylation is 2. The van der Waals surface area contributed by atoms with Gasteiger partial charge in [0.1, 0.15) is 0 Å². The highest BCUT2D eigenvalue weighted by atomic mass is 15.1. The molecule has 0 amide bonds. The maximum Gasteiger partial charge on any atom is 0.235 e. The molecular formula is C18H15N3. The van der Waals surface area contributed by atoms with Crippen LogP contribution < -0.4 is 0 Å². The van der Waals surface area contributed by atoms with Gasteiger partial charge in [0.2, 0.25) is 5.78 Å². The summed E-state index contributed by atoms with van der Waals surface area (Å²) >= 11 is 0. The first kappa shape index (κ1) is 12.1. The molecule has 0 spiro atoms. The Morgan fingerprint density at radius 1 is 0.857 bits per heavy atom. The molecule has 0 aliphatic heterocycles. The Morgan fingerprint density at radius 3 is 2.43 bits per heavy atom. The molecule has 102 valence electrons. The molecule has 0 bridgehead atoms. The topological polar surface area (TPSA) is 30.2 Å². The zero-order valence-corrected chi connectivity index (χ0v) is 12.0. The molecule has 4 aromatic rings. The van der Waals surface area contributed by atoms with Crippen molar-refractivity contribution in [3.63, 3.8) is 0 Å². The van der Waals surface area contributed by atoms with Gasteiger partial charge in [-0.2, -0.15) is 0 Å². The predicted molar refractivity (Wildman–Crippen MR) is 85.4 cm³/mol. The second-order valence-corrected chi connectivity index (χ2v) is 5.38. The molecule has 0 radical (unpaired) electrons. The van der Waals surface area contributed by atoms with Gasteiger partial charge in [0.15, 0.2) is 0 Å². The molecule has 0 aliphatic rings. The third-order valence-corrected chi connectivity index (χ3v) is 3.81. The van der Waals surface area contributed by atoms with Crippen molar-refractivity contribution < 1.29 is 0 Å². The molecule has 0 fully saturated rings. The van der Waals surface area contributed by atoms with Gasteiger partial charge in [0.25, 0.3) is 0 Å². The van der Waals surface area contributed by atoms with Crippen molar-refractivity contribution in [2.24, 2.45) is 0 Å². The first-order chi connectivity index (χ1) is 10.2. The van der Waals surface area contributed by atoms with E-state index in [1.165, 1.54) is 5.56 Å². The highest BCUT2D eigenvalue weighted by molar-refractivity contribution is 5.80. The van der Waals surface area contributed by atoms with Crippen molar-refractivity contribution in [1.29, 1.82) is 0 Å². The van der Waals surface area contributed by atoms with E-state index in [1.54, 1.807) is 0 Å².